The zero-order chi connectivity index (χ0) is 38.2. The van der Waals surface area contributed by atoms with E-state index in [1.54, 1.807) is 12.3 Å². The highest BCUT2D eigenvalue weighted by atomic mass is 35.5. The van der Waals surface area contributed by atoms with Crippen molar-refractivity contribution >= 4 is 27.7 Å². The summed E-state index contributed by atoms with van der Waals surface area (Å²) in [5, 5.41) is 53.0. The molecule has 4 atom stereocenters. The summed E-state index contributed by atoms with van der Waals surface area (Å²) in [7, 11) is -2.42. The van der Waals surface area contributed by atoms with Gasteiger partial charge in [0.25, 0.3) is 0 Å². The van der Waals surface area contributed by atoms with Crippen molar-refractivity contribution in [1.82, 2.24) is 19.9 Å². The highest BCUT2D eigenvalue weighted by Gasteiger charge is 2.48. The number of hydrogen-bond acceptors (Lipinski definition) is 12. The van der Waals surface area contributed by atoms with Crippen molar-refractivity contribution < 1.29 is 53.0 Å². The van der Waals surface area contributed by atoms with E-state index in [1.807, 2.05) is 36.5 Å². The molecule has 0 unspecified atom stereocenters. The van der Waals surface area contributed by atoms with Gasteiger partial charge in [0.15, 0.2) is 0 Å². The molecule has 3 aromatic rings. The molecule has 0 spiro atoms. The number of carbonyl (C=O) groups excluding carboxylic acids is 1. The Morgan fingerprint density at radius 1 is 1.04 bits per heavy atom. The van der Waals surface area contributed by atoms with E-state index in [4.69, 9.17) is 30.9 Å². The van der Waals surface area contributed by atoms with Crippen molar-refractivity contribution in [1.29, 1.82) is 0 Å². The molecule has 17 heteroatoms. The van der Waals surface area contributed by atoms with Gasteiger partial charge >= 0.3 is 6.03 Å². The zero-order valence-electron chi connectivity index (χ0n) is 29.3. The second kappa shape index (κ2) is 18.3. The molecular formula is C36H47ClN4O11S. The predicted octanol–water partition coefficient (Wildman–Crippen LogP) is 1.52. The van der Waals surface area contributed by atoms with Crippen LogP contribution in [0.25, 0.3) is 11.1 Å². The van der Waals surface area contributed by atoms with Gasteiger partial charge in [-0.25, -0.2) is 17.5 Å². The van der Waals surface area contributed by atoms with Crippen molar-refractivity contribution in [2.24, 2.45) is 0 Å². The van der Waals surface area contributed by atoms with Crippen molar-refractivity contribution in [3.63, 3.8) is 0 Å². The van der Waals surface area contributed by atoms with Gasteiger partial charge in [0.1, 0.15) is 30.2 Å². The first-order chi connectivity index (χ1) is 25.4. The second-order valence-corrected chi connectivity index (χ2v) is 15.7. The SMILES string of the molecule is CN(CCCCNC(=O)NC[C@H](O)[C@@H](O)[C@H](O)[C@H](O)CO)S(=O)(=O)c1ccc(Cl)c(COC2(c3cnccc3-c3ccccc3OC3COC3)CC2)c1. The first-order valence-electron chi connectivity index (χ1n) is 17.4. The molecule has 2 amide bonds. The summed E-state index contributed by atoms with van der Waals surface area (Å²) in [5.41, 5.74) is 2.69. The Labute approximate surface area is 313 Å². The maximum atomic E-state index is 13.5. The van der Waals surface area contributed by atoms with Gasteiger partial charge < -0.3 is 50.4 Å². The summed E-state index contributed by atoms with van der Waals surface area (Å²) >= 11 is 6.54. The topological polar surface area (TPSA) is 220 Å². The quantitative estimate of drug-likeness (QED) is 0.0813. The number of nitrogens with one attached hydrogen (secondary N) is 2. The van der Waals surface area contributed by atoms with Crippen LogP contribution >= 0.6 is 11.6 Å². The van der Waals surface area contributed by atoms with Crippen LogP contribution < -0.4 is 15.4 Å². The number of sulfonamides is 1. The number of carbonyl (C=O) groups is 1. The molecule has 1 saturated heterocycles. The number of pyridine rings is 1. The largest absolute Gasteiger partial charge is 0.485 e. The van der Waals surface area contributed by atoms with Gasteiger partial charge in [0.05, 0.1) is 43.0 Å². The van der Waals surface area contributed by atoms with Crippen molar-refractivity contribution in [2.45, 2.75) is 73.3 Å². The first kappa shape index (κ1) is 40.8. The van der Waals surface area contributed by atoms with E-state index in [0.717, 1.165) is 35.3 Å². The van der Waals surface area contributed by atoms with Crippen LogP contribution in [-0.2, 0) is 31.7 Å². The summed E-state index contributed by atoms with van der Waals surface area (Å²) in [6.07, 6.45) is -0.934. The fourth-order valence-corrected chi connectivity index (χ4v) is 7.23. The summed E-state index contributed by atoms with van der Waals surface area (Å²) in [6, 6.07) is 13.6. The zero-order valence-corrected chi connectivity index (χ0v) is 30.9. The molecule has 53 heavy (non-hydrogen) atoms. The number of aromatic nitrogens is 1. The van der Waals surface area contributed by atoms with E-state index in [-0.39, 0.29) is 30.7 Å². The number of benzene rings is 2. The highest BCUT2D eigenvalue weighted by Crippen LogP contribution is 2.53. The number of aliphatic hydroxyl groups is 5. The lowest BCUT2D eigenvalue weighted by atomic mass is 9.96. The Morgan fingerprint density at radius 2 is 1.77 bits per heavy atom. The number of rotatable bonds is 20. The second-order valence-electron chi connectivity index (χ2n) is 13.2. The van der Waals surface area contributed by atoms with Crippen molar-refractivity contribution in [2.75, 3.05) is 46.5 Å². The number of amides is 2. The number of ether oxygens (including phenoxy) is 3. The van der Waals surface area contributed by atoms with Gasteiger partial charge in [0.2, 0.25) is 10.0 Å². The number of hydrogen-bond donors (Lipinski definition) is 7. The molecule has 15 nitrogen and oxygen atoms in total. The number of halogens is 1. The minimum absolute atomic E-state index is 0.00148. The third-order valence-electron chi connectivity index (χ3n) is 9.31. The van der Waals surface area contributed by atoms with E-state index in [9.17, 15) is 33.6 Å². The third kappa shape index (κ3) is 10.2. The molecule has 2 aromatic carbocycles. The number of para-hydroxylation sites is 1. The van der Waals surface area contributed by atoms with E-state index < -0.39 is 59.2 Å². The molecule has 5 rings (SSSR count). The molecule has 1 aliphatic carbocycles. The van der Waals surface area contributed by atoms with Crippen LogP contribution in [-0.4, -0.2) is 126 Å². The van der Waals surface area contributed by atoms with Crippen LogP contribution in [0.3, 0.4) is 0 Å². The summed E-state index contributed by atoms with van der Waals surface area (Å²) in [5.74, 6) is 0.750. The molecule has 1 aliphatic heterocycles. The number of unbranched alkanes of at least 4 members (excludes halogenated alkanes) is 1. The van der Waals surface area contributed by atoms with Gasteiger partial charge in [0, 0.05) is 55.2 Å². The average molecular weight is 779 g/mol. The fourth-order valence-electron chi connectivity index (χ4n) is 5.79. The third-order valence-corrected chi connectivity index (χ3v) is 11.5. The Bertz CT molecular complexity index is 1790. The van der Waals surface area contributed by atoms with Crippen LogP contribution in [0.2, 0.25) is 5.02 Å². The Morgan fingerprint density at radius 3 is 2.47 bits per heavy atom. The minimum atomic E-state index is -3.89. The highest BCUT2D eigenvalue weighted by molar-refractivity contribution is 7.89. The lowest BCUT2D eigenvalue weighted by Gasteiger charge is -2.28. The molecule has 290 valence electrons. The maximum absolute atomic E-state index is 13.5. The fraction of sp³-hybridized carbons (Fsp3) is 0.500. The molecule has 1 saturated carbocycles. The lowest BCUT2D eigenvalue weighted by molar-refractivity contribution is -0.113. The minimum Gasteiger partial charge on any atom is -0.485 e. The molecule has 0 radical (unpaired) electrons. The molecule has 1 aromatic heterocycles. The summed E-state index contributed by atoms with van der Waals surface area (Å²) in [6.45, 7) is 0.292. The van der Waals surface area contributed by atoms with Gasteiger partial charge in [-0.3, -0.25) is 4.98 Å². The van der Waals surface area contributed by atoms with Crippen molar-refractivity contribution in [3.05, 3.63) is 77.1 Å². The number of aliphatic hydroxyl groups excluding tert-OH is 5. The van der Waals surface area contributed by atoms with Crippen LogP contribution in [0, 0.1) is 0 Å². The molecule has 2 heterocycles. The summed E-state index contributed by atoms with van der Waals surface area (Å²) < 4.78 is 46.2. The normalized spacial score (nSPS) is 17.7. The van der Waals surface area contributed by atoms with Gasteiger partial charge in [-0.2, -0.15) is 0 Å². The Kier molecular flexibility index (Phi) is 14.1. The summed E-state index contributed by atoms with van der Waals surface area (Å²) in [4.78, 5) is 16.5. The van der Waals surface area contributed by atoms with Gasteiger partial charge in [-0.15, -0.1) is 0 Å². The average Bonchev–Trinajstić information content (AvgIpc) is 3.94. The number of nitrogens with zero attached hydrogens (tertiary/aromatic N) is 2. The predicted molar refractivity (Wildman–Crippen MR) is 194 cm³/mol. The molecule has 2 fully saturated rings. The Balaban J connectivity index is 1.13. The standard InChI is InChI=1S/C36H47ClN4O11S/c1-41(15-5-4-13-39-35(47)40-18-30(43)33(45)34(46)31(44)19-42)53(48,49)25-8-9-29(37)23(16-25)20-51-36(11-12-36)28-17-38-14-10-26(28)27-6-2-3-7-32(27)52-24-21-50-22-24/h2-3,6-10,14,16-17,24,30-31,33-34,42-46H,4-5,11-13,15,18-22H2,1H3,(H2,39,40,47)/t30-,31+,33+,34+/m0/s1. The molecular weight excluding hydrogens is 732 g/mol. The van der Waals surface area contributed by atoms with Gasteiger partial charge in [-0.05, 0) is 67.1 Å². The van der Waals surface area contributed by atoms with Crippen LogP contribution in [0.5, 0.6) is 5.75 Å². The molecule has 0 bridgehead atoms. The molecule has 7 N–H and O–H groups in total. The molecule has 2 aliphatic rings. The Hall–Kier alpha value is -3.42. The van der Waals surface area contributed by atoms with Crippen molar-refractivity contribution in [3.8, 4) is 16.9 Å². The maximum Gasteiger partial charge on any atom is 0.314 e. The van der Waals surface area contributed by atoms with Crippen LogP contribution in [0.4, 0.5) is 4.79 Å². The van der Waals surface area contributed by atoms with Gasteiger partial charge in [-0.1, -0.05) is 29.8 Å². The number of urea groups is 1. The van der Waals surface area contributed by atoms with Crippen LogP contribution in [0.15, 0.2) is 65.8 Å². The first-order valence-corrected chi connectivity index (χ1v) is 19.2. The monoisotopic (exact) mass is 778 g/mol. The van der Waals surface area contributed by atoms with E-state index in [2.05, 4.69) is 15.6 Å². The van der Waals surface area contributed by atoms with E-state index in [1.165, 1.54) is 23.5 Å². The van der Waals surface area contributed by atoms with E-state index in [0.29, 0.717) is 36.6 Å². The smallest absolute Gasteiger partial charge is 0.314 e. The van der Waals surface area contributed by atoms with E-state index >= 15 is 0 Å². The van der Waals surface area contributed by atoms with Crippen LogP contribution in [0.1, 0.15) is 36.8 Å². The lowest BCUT2D eigenvalue weighted by Crippen LogP contribution is -2.50.